The van der Waals surface area contributed by atoms with Crippen LogP contribution in [0.15, 0.2) is 156 Å². The van der Waals surface area contributed by atoms with Crippen molar-refractivity contribution < 1.29 is 46.9 Å². The Hall–Kier alpha value is -12.6. The zero-order chi connectivity index (χ0) is 74.2. The van der Waals surface area contributed by atoms with Crippen LogP contribution in [0.3, 0.4) is 0 Å². The smallest absolute Gasteiger partial charge is 0.358 e. The lowest BCUT2D eigenvalue weighted by molar-refractivity contribution is 0.0691. The van der Waals surface area contributed by atoms with E-state index >= 15 is 0 Å². The minimum Gasteiger partial charge on any atom is -0.476 e. The van der Waals surface area contributed by atoms with Gasteiger partial charge in [0.05, 0.1) is 70.9 Å². The van der Waals surface area contributed by atoms with E-state index in [1.807, 2.05) is 95.6 Å². The van der Waals surface area contributed by atoms with E-state index < -0.39 is 11.9 Å². The molecule has 12 aromatic rings. The van der Waals surface area contributed by atoms with Crippen LogP contribution in [0.5, 0.6) is 0 Å². The summed E-state index contributed by atoms with van der Waals surface area (Å²) >= 11 is 0. The van der Waals surface area contributed by atoms with E-state index in [9.17, 15) is 19.1 Å². The van der Waals surface area contributed by atoms with Crippen LogP contribution in [0.4, 0.5) is 33.5 Å². The van der Waals surface area contributed by atoms with Gasteiger partial charge in [-0.05, 0) is 93.1 Å². The van der Waals surface area contributed by atoms with E-state index in [1.54, 1.807) is 42.9 Å². The zero-order valence-corrected chi connectivity index (χ0v) is 58.1. The van der Waals surface area contributed by atoms with Crippen molar-refractivity contribution in [2.75, 3.05) is 131 Å². The number of fused-ring (bicyclic) bond motifs is 2. The van der Waals surface area contributed by atoms with Crippen molar-refractivity contribution in [2.24, 2.45) is 5.73 Å². The predicted molar refractivity (Wildman–Crippen MR) is 409 cm³/mol. The molecule has 32 nitrogen and oxygen atoms in total. The summed E-state index contributed by atoms with van der Waals surface area (Å²) in [5.74, 6) is 0.973. The van der Waals surface area contributed by atoms with Crippen molar-refractivity contribution in [1.82, 2.24) is 73.9 Å². The Morgan fingerprint density at radius 1 is 0.523 bits per heavy atom. The van der Waals surface area contributed by atoms with E-state index in [0.717, 1.165) is 149 Å². The Bertz CT molecular complexity index is 4980. The van der Waals surface area contributed by atoms with Gasteiger partial charge in [-0.25, -0.2) is 64.6 Å². The number of oxazole rings is 2. The largest absolute Gasteiger partial charge is 0.476 e. The number of nitrogens with two attached hydrogens (primary N) is 3. The Morgan fingerprint density at radius 2 is 0.954 bits per heavy atom. The van der Waals surface area contributed by atoms with E-state index in [4.69, 9.17) is 65.5 Å². The fourth-order valence-electron chi connectivity index (χ4n) is 11.1. The summed E-state index contributed by atoms with van der Waals surface area (Å²) in [6, 6.07) is 32.5. The number of anilines is 5. The molecule has 16 rings (SSSR count). The molecular weight excluding hydrogens is 1400 g/mol. The maximum atomic E-state index is 13.3. The molecule has 0 spiro atoms. The number of ether oxygens (including phenoxy) is 4. The number of nitrogens with zero attached hydrogens (tertiary/aromatic N) is 19. The Morgan fingerprint density at radius 3 is 1.38 bits per heavy atom. The molecule has 0 amide bonds. The average Bonchev–Trinajstić information content (AvgIpc) is 1.77. The molecule has 33 heteroatoms. The van der Waals surface area contributed by atoms with Gasteiger partial charge in [0.2, 0.25) is 17.7 Å². The van der Waals surface area contributed by atoms with E-state index in [0.29, 0.717) is 54.5 Å². The van der Waals surface area contributed by atoms with Crippen molar-refractivity contribution >= 4 is 52.1 Å². The number of pyridine rings is 6. The highest BCUT2D eigenvalue weighted by molar-refractivity contribution is 5.99. The second-order valence-corrected chi connectivity index (χ2v) is 23.6. The molecule has 109 heavy (non-hydrogen) atoms. The molecule has 0 unspecified atom stereocenters. The topological polar surface area (TPSA) is 428 Å². The summed E-state index contributed by atoms with van der Waals surface area (Å²) in [6.45, 7) is 17.7. The summed E-state index contributed by atoms with van der Waals surface area (Å²) in [6.07, 6.45) is 13.7. The molecule has 4 fully saturated rings. The number of aryl methyl sites for hydroxylation is 3. The lowest BCUT2D eigenvalue weighted by Crippen LogP contribution is -2.36. The third-order valence-corrected chi connectivity index (χ3v) is 16.4. The summed E-state index contributed by atoms with van der Waals surface area (Å²) in [7, 11) is 0. The highest BCUT2D eigenvalue weighted by atomic mass is 19.1. The van der Waals surface area contributed by atoms with Gasteiger partial charge in [-0.2, -0.15) is 14.9 Å². The Kier molecular flexibility index (Phi) is 30.7. The first-order valence-corrected chi connectivity index (χ1v) is 33.8. The number of hydrogen-bond acceptors (Lipinski definition) is 29. The predicted octanol–water partition coefficient (Wildman–Crippen LogP) is 9.19. The molecule has 4 aliphatic rings. The van der Waals surface area contributed by atoms with Crippen LogP contribution in [-0.2, 0) is 31.9 Å². The highest BCUT2D eigenvalue weighted by Gasteiger charge is 2.25. The lowest BCUT2D eigenvalue weighted by Gasteiger charge is -2.28. The maximum Gasteiger partial charge on any atom is 0.358 e. The number of hydrogen-bond donors (Lipinski definition) is 5. The van der Waals surface area contributed by atoms with E-state index in [2.05, 4.69) is 69.9 Å². The number of rotatable bonds is 13. The SMILES string of the molecule is C.C.C.C1COCCN1.Cc1cnc2ccc(-c3nc(C(=O)CCc4cccc(N5CCOCC5)n4)c(N)nc3-c3ncco3)cn12.Cc1cnc2ccc(-c3nc(C(=O)O)c(N)nc3-c3ncco3)cn12.N#Cc1cccc(F)n1.N#Cc1cccc(N2CCOCC2)n1.NCc1cccc(N2CCOCC2)n1. The molecule has 0 atom stereocenters. The molecule has 8 N–H and O–H groups in total. The van der Waals surface area contributed by atoms with Gasteiger partial charge in [0.1, 0.15) is 81.9 Å². The van der Waals surface area contributed by atoms with Crippen LogP contribution in [0, 0.1) is 42.5 Å². The van der Waals surface area contributed by atoms with Gasteiger partial charge in [-0.3, -0.25) is 4.79 Å². The number of nitrogens with one attached hydrogen (secondary N) is 1. The van der Waals surface area contributed by atoms with Crippen molar-refractivity contribution in [3.8, 4) is 57.8 Å². The number of carboxylic acid groups (broad SMARTS) is 1. The number of halogens is 1. The van der Waals surface area contributed by atoms with Crippen LogP contribution in [0.2, 0.25) is 0 Å². The second-order valence-electron chi connectivity index (χ2n) is 23.6. The van der Waals surface area contributed by atoms with Gasteiger partial charge < -0.3 is 78.9 Å². The number of imidazole rings is 2. The van der Waals surface area contributed by atoms with Gasteiger partial charge in [0.15, 0.2) is 34.5 Å². The number of Topliss-reactive ketones (excluding diaryl/α,β-unsaturated/α-hetero) is 1. The highest BCUT2D eigenvalue weighted by Crippen LogP contribution is 2.33. The lowest BCUT2D eigenvalue weighted by atomic mass is 10.1. The first-order valence-electron chi connectivity index (χ1n) is 33.8. The summed E-state index contributed by atoms with van der Waals surface area (Å²) in [5, 5.41) is 29.4. The quantitative estimate of drug-likeness (QED) is 0.0530. The Labute approximate surface area is 629 Å². The van der Waals surface area contributed by atoms with Crippen LogP contribution >= 0.6 is 0 Å². The van der Waals surface area contributed by atoms with E-state index in [1.165, 1.54) is 43.1 Å². The minimum atomic E-state index is -1.26. The summed E-state index contributed by atoms with van der Waals surface area (Å²) in [4.78, 5) is 82.5. The fraction of sp³-hybridized carbons (Fsp3) is 0.316. The molecule has 0 saturated carbocycles. The first kappa shape index (κ1) is 82.0. The third-order valence-electron chi connectivity index (χ3n) is 16.4. The number of carbonyl (C=O) groups excluding carboxylic acids is 1. The number of carboxylic acids is 1. The monoisotopic (exact) mass is 1490 g/mol. The van der Waals surface area contributed by atoms with Crippen LogP contribution in [-0.4, -0.2) is 191 Å². The van der Waals surface area contributed by atoms with Crippen molar-refractivity contribution in [1.29, 1.82) is 10.5 Å². The van der Waals surface area contributed by atoms with Crippen molar-refractivity contribution in [3.63, 3.8) is 0 Å². The standard InChI is InChI=1S/C27H26N8O3.C16H12N6O3.C10H15N3O.C10H11N3O.C6H3FN2.C4H9NO.3CH4/c1-17-15-30-21-8-5-18(16-35(17)21)23-25(27-29-9-12-38-27)33-26(28)24(32-23)20(36)7-6-19-3-2-4-22(31-19)34-10-13-37-14-11-34;1-8-6-19-10-3-2-9(7-22(8)10)11-12(15-18-4-5-25-15)21-14(17)13(20-11)16(23)24;2*11-8-9-2-1-3-10(12-9)13-4-6-14-7-5-13;7-6-3-1-2-5(4-8)9-6;1-3-6-4-2-5-1;;;/h2-5,8-9,12,15-16H,6-7,10-11,13-14H2,1H3,(H2,28,33);2-7H,1H3,(H2,17,21)(H,23,24);1-3H,4-8,11H2;1-3H,4-7H2;1-3H;5H,1-4H2;3*1H4. The normalized spacial score (nSPS) is 13.7. The number of nitriles is 2. The van der Waals surface area contributed by atoms with Gasteiger partial charge in [0.25, 0.3) is 0 Å². The van der Waals surface area contributed by atoms with Crippen LogP contribution in [0.25, 0.3) is 57.0 Å². The Balaban J connectivity index is 0.000000181. The van der Waals surface area contributed by atoms with Crippen molar-refractivity contribution in [2.45, 2.75) is 55.5 Å². The van der Waals surface area contributed by atoms with Gasteiger partial charge in [-0.15, -0.1) is 0 Å². The van der Waals surface area contributed by atoms with Gasteiger partial charge >= 0.3 is 5.97 Å². The number of aromatic nitrogens is 14. The van der Waals surface area contributed by atoms with Crippen molar-refractivity contribution in [3.05, 3.63) is 198 Å². The molecule has 4 saturated heterocycles. The third kappa shape index (κ3) is 22.0. The summed E-state index contributed by atoms with van der Waals surface area (Å²) in [5.41, 5.74) is 25.9. The van der Waals surface area contributed by atoms with Gasteiger partial charge in [-0.1, -0.05) is 46.5 Å². The second kappa shape index (κ2) is 40.7. The van der Waals surface area contributed by atoms with Gasteiger partial charge in [0, 0.05) is 118 Å². The first-order chi connectivity index (χ1) is 51.7. The number of nitrogen functional groups attached to an aromatic ring is 2. The number of aromatic carboxylic acids is 1. The fourth-order valence-corrected chi connectivity index (χ4v) is 11.1. The zero-order valence-electron chi connectivity index (χ0n) is 58.1. The van der Waals surface area contributed by atoms with Crippen LogP contribution in [0.1, 0.15) is 83.8 Å². The average molecular weight is 1490 g/mol. The minimum absolute atomic E-state index is 0. The van der Waals surface area contributed by atoms with Crippen LogP contribution < -0.4 is 37.2 Å². The summed E-state index contributed by atoms with van der Waals surface area (Å²) < 4.78 is 47.7. The number of carbonyl (C=O) groups is 2. The molecule has 4 aliphatic heterocycles. The molecule has 0 aromatic carbocycles. The molecule has 0 radical (unpaired) electrons. The molecular formula is C76H88FN23O9. The number of morpholine rings is 4. The van der Waals surface area contributed by atoms with E-state index in [-0.39, 0.29) is 80.7 Å². The molecule has 12 aromatic heterocycles. The molecule has 0 aliphatic carbocycles. The number of ketones is 1. The molecule has 0 bridgehead atoms. The molecule has 16 heterocycles. The molecule has 568 valence electrons. The maximum absolute atomic E-state index is 13.3.